The first-order valence-electron chi connectivity index (χ1n) is 6.28. The number of oxime groups is 1. The summed E-state index contributed by atoms with van der Waals surface area (Å²) < 4.78 is 1.07. The van der Waals surface area contributed by atoms with Crippen molar-refractivity contribution in [1.29, 1.82) is 0 Å². The molecule has 0 bridgehead atoms. The largest absolute Gasteiger partial charge is 0.409 e. The minimum absolute atomic E-state index is 0.0200. The fraction of sp³-hybridized carbons (Fsp3) is 0.286. The molecule has 106 valence electrons. The van der Waals surface area contributed by atoms with Crippen LogP contribution in [-0.2, 0) is 0 Å². The number of thiophene rings is 1. The van der Waals surface area contributed by atoms with E-state index in [1.54, 1.807) is 4.90 Å². The van der Waals surface area contributed by atoms with E-state index in [9.17, 15) is 4.79 Å². The second kappa shape index (κ2) is 5.92. The molecule has 0 aliphatic carbocycles. The number of nitrogens with zero attached hydrogens (tertiary/aromatic N) is 2. The summed E-state index contributed by atoms with van der Waals surface area (Å²) in [7, 11) is 0. The summed E-state index contributed by atoms with van der Waals surface area (Å²) in [6, 6.07) is 7.74. The Morgan fingerprint density at radius 1 is 1.45 bits per heavy atom. The van der Waals surface area contributed by atoms with E-state index in [-0.39, 0.29) is 24.3 Å². The molecule has 3 N–H and O–H groups in total. The highest BCUT2D eigenvalue weighted by molar-refractivity contribution is 7.17. The van der Waals surface area contributed by atoms with Crippen LogP contribution in [-0.4, -0.2) is 34.4 Å². The Hall–Kier alpha value is -2.08. The van der Waals surface area contributed by atoms with Gasteiger partial charge in [-0.05, 0) is 19.9 Å². The predicted molar refractivity (Wildman–Crippen MR) is 81.4 cm³/mol. The Kier molecular flexibility index (Phi) is 4.24. The average molecular weight is 291 g/mol. The van der Waals surface area contributed by atoms with Crippen molar-refractivity contribution in [2.75, 3.05) is 6.54 Å². The molecule has 0 radical (unpaired) electrons. The lowest BCUT2D eigenvalue weighted by Gasteiger charge is -2.25. The molecule has 0 fully saturated rings. The van der Waals surface area contributed by atoms with E-state index in [1.807, 2.05) is 43.5 Å². The van der Waals surface area contributed by atoms with Crippen molar-refractivity contribution >= 4 is 33.2 Å². The van der Waals surface area contributed by atoms with Gasteiger partial charge < -0.3 is 15.8 Å². The van der Waals surface area contributed by atoms with Gasteiger partial charge in [0.05, 0.1) is 12.1 Å². The van der Waals surface area contributed by atoms with E-state index >= 15 is 0 Å². The standard InChI is InChI=1S/C14H17N3O2S/c1-9(2)17(7-13(15)16-19)14(18)11-8-20-12-6-4-3-5-10(11)12/h3-6,8-9,19H,7H2,1-2H3,(H2,15,16). The van der Waals surface area contributed by atoms with Crippen molar-refractivity contribution in [1.82, 2.24) is 4.90 Å². The lowest BCUT2D eigenvalue weighted by Crippen LogP contribution is -2.42. The van der Waals surface area contributed by atoms with Crippen molar-refractivity contribution < 1.29 is 10.0 Å². The SMILES string of the molecule is CC(C)N(CC(N)=NO)C(=O)c1csc2ccccc12. The second-order valence-corrected chi connectivity index (χ2v) is 5.67. The molecule has 6 heteroatoms. The highest BCUT2D eigenvalue weighted by Crippen LogP contribution is 2.27. The summed E-state index contributed by atoms with van der Waals surface area (Å²) >= 11 is 1.54. The lowest BCUT2D eigenvalue weighted by molar-refractivity contribution is 0.0736. The fourth-order valence-electron chi connectivity index (χ4n) is 1.99. The number of hydrogen-bond acceptors (Lipinski definition) is 4. The zero-order valence-electron chi connectivity index (χ0n) is 11.4. The number of carbonyl (C=O) groups excluding carboxylic acids is 1. The number of amidine groups is 1. The van der Waals surface area contributed by atoms with Crippen LogP contribution in [0.4, 0.5) is 0 Å². The van der Waals surface area contributed by atoms with Gasteiger partial charge in [0, 0.05) is 21.5 Å². The molecule has 0 aliphatic rings. The molecule has 1 aromatic heterocycles. The Labute approximate surface area is 121 Å². The summed E-state index contributed by atoms with van der Waals surface area (Å²) in [4.78, 5) is 14.2. The molecular formula is C14H17N3O2S. The van der Waals surface area contributed by atoms with E-state index in [0.29, 0.717) is 5.56 Å². The monoisotopic (exact) mass is 291 g/mol. The molecule has 0 saturated heterocycles. The number of benzene rings is 1. The third-order valence-electron chi connectivity index (χ3n) is 3.06. The van der Waals surface area contributed by atoms with Crippen molar-refractivity contribution in [2.45, 2.75) is 19.9 Å². The van der Waals surface area contributed by atoms with Crippen LogP contribution in [0.15, 0.2) is 34.8 Å². The molecule has 1 amide bonds. The summed E-state index contributed by atoms with van der Waals surface area (Å²) in [5, 5.41) is 14.4. The summed E-state index contributed by atoms with van der Waals surface area (Å²) in [5.41, 5.74) is 6.18. The Morgan fingerprint density at radius 3 is 2.80 bits per heavy atom. The molecule has 0 spiro atoms. The Bertz CT molecular complexity index is 649. The number of fused-ring (bicyclic) bond motifs is 1. The molecule has 2 aromatic rings. The van der Waals surface area contributed by atoms with Crippen LogP contribution in [0.5, 0.6) is 0 Å². The van der Waals surface area contributed by atoms with E-state index in [4.69, 9.17) is 10.9 Å². The summed E-state index contributed by atoms with van der Waals surface area (Å²) in [6.45, 7) is 3.91. The van der Waals surface area contributed by atoms with Gasteiger partial charge in [-0.3, -0.25) is 4.79 Å². The van der Waals surface area contributed by atoms with E-state index < -0.39 is 0 Å². The van der Waals surface area contributed by atoms with Crippen LogP contribution in [0.25, 0.3) is 10.1 Å². The van der Waals surface area contributed by atoms with Crippen LogP contribution < -0.4 is 5.73 Å². The first kappa shape index (κ1) is 14.3. The van der Waals surface area contributed by atoms with Gasteiger partial charge in [0.25, 0.3) is 5.91 Å². The van der Waals surface area contributed by atoms with Crippen LogP contribution in [0.1, 0.15) is 24.2 Å². The van der Waals surface area contributed by atoms with Crippen LogP contribution in [0, 0.1) is 0 Å². The Morgan fingerprint density at radius 2 is 2.15 bits per heavy atom. The van der Waals surface area contributed by atoms with Crippen molar-refractivity contribution in [2.24, 2.45) is 10.9 Å². The molecule has 2 rings (SSSR count). The lowest BCUT2D eigenvalue weighted by atomic mass is 10.1. The van der Waals surface area contributed by atoms with Crippen molar-refractivity contribution in [3.8, 4) is 0 Å². The molecule has 5 nitrogen and oxygen atoms in total. The summed E-state index contributed by atoms with van der Waals surface area (Å²) in [5.74, 6) is -0.0874. The van der Waals surface area contributed by atoms with Crippen LogP contribution in [0.2, 0.25) is 0 Å². The molecule has 1 heterocycles. The maximum atomic E-state index is 12.7. The van der Waals surface area contributed by atoms with Gasteiger partial charge in [-0.15, -0.1) is 11.3 Å². The predicted octanol–water partition coefficient (Wildman–Crippen LogP) is 2.50. The summed E-state index contributed by atoms with van der Waals surface area (Å²) in [6.07, 6.45) is 0. The zero-order chi connectivity index (χ0) is 14.7. The highest BCUT2D eigenvalue weighted by atomic mass is 32.1. The fourth-order valence-corrected chi connectivity index (χ4v) is 2.93. The second-order valence-electron chi connectivity index (χ2n) is 4.76. The maximum Gasteiger partial charge on any atom is 0.255 e. The van der Waals surface area contributed by atoms with Crippen LogP contribution in [0.3, 0.4) is 0 Å². The van der Waals surface area contributed by atoms with Crippen LogP contribution >= 0.6 is 11.3 Å². The number of nitrogens with two attached hydrogens (primary N) is 1. The minimum Gasteiger partial charge on any atom is -0.409 e. The molecule has 1 aromatic carbocycles. The Balaban J connectivity index is 2.37. The van der Waals surface area contributed by atoms with E-state index in [1.165, 1.54) is 11.3 Å². The van der Waals surface area contributed by atoms with Crippen molar-refractivity contribution in [3.05, 3.63) is 35.2 Å². The first-order valence-corrected chi connectivity index (χ1v) is 7.16. The molecule has 0 atom stereocenters. The molecule has 20 heavy (non-hydrogen) atoms. The highest BCUT2D eigenvalue weighted by Gasteiger charge is 2.22. The third kappa shape index (κ3) is 2.75. The topological polar surface area (TPSA) is 78.9 Å². The van der Waals surface area contributed by atoms with E-state index in [0.717, 1.165) is 10.1 Å². The van der Waals surface area contributed by atoms with Gasteiger partial charge in [-0.25, -0.2) is 0 Å². The zero-order valence-corrected chi connectivity index (χ0v) is 12.2. The van der Waals surface area contributed by atoms with Gasteiger partial charge in [-0.1, -0.05) is 23.4 Å². The minimum atomic E-state index is -0.107. The number of amides is 1. The van der Waals surface area contributed by atoms with Gasteiger partial charge in [0.1, 0.15) is 0 Å². The molecule has 0 aliphatic heterocycles. The van der Waals surface area contributed by atoms with Gasteiger partial charge in [0.15, 0.2) is 5.84 Å². The number of carbonyl (C=O) groups is 1. The van der Waals surface area contributed by atoms with Gasteiger partial charge in [0.2, 0.25) is 0 Å². The smallest absolute Gasteiger partial charge is 0.255 e. The number of rotatable bonds is 4. The normalized spacial score (nSPS) is 12.1. The third-order valence-corrected chi connectivity index (χ3v) is 4.02. The van der Waals surface area contributed by atoms with Gasteiger partial charge >= 0.3 is 0 Å². The molecule has 0 saturated carbocycles. The molecule has 0 unspecified atom stereocenters. The maximum absolute atomic E-state index is 12.7. The van der Waals surface area contributed by atoms with Crippen molar-refractivity contribution in [3.63, 3.8) is 0 Å². The average Bonchev–Trinajstić information content (AvgIpc) is 2.87. The molecular weight excluding hydrogens is 274 g/mol. The number of hydrogen-bond donors (Lipinski definition) is 2. The van der Waals surface area contributed by atoms with E-state index in [2.05, 4.69) is 5.16 Å². The van der Waals surface area contributed by atoms with Gasteiger partial charge in [-0.2, -0.15) is 0 Å². The quantitative estimate of drug-likeness (QED) is 0.393. The first-order chi connectivity index (χ1) is 9.54.